The molecule has 0 atom stereocenters. The highest BCUT2D eigenvalue weighted by Gasteiger charge is 2.23. The van der Waals surface area contributed by atoms with Crippen molar-refractivity contribution in [2.24, 2.45) is 0 Å². The second-order valence-electron chi connectivity index (χ2n) is 5.39. The molecule has 0 aliphatic rings. The lowest BCUT2D eigenvalue weighted by Crippen LogP contribution is -2.07. The van der Waals surface area contributed by atoms with Crippen molar-refractivity contribution in [2.75, 3.05) is 5.32 Å². The van der Waals surface area contributed by atoms with E-state index < -0.39 is 30.0 Å². The second kappa shape index (κ2) is 6.25. The zero-order valence-corrected chi connectivity index (χ0v) is 14.6. The summed E-state index contributed by atoms with van der Waals surface area (Å²) in [5, 5.41) is 13.2. The van der Waals surface area contributed by atoms with Gasteiger partial charge in [0.25, 0.3) is 20.2 Å². The summed E-state index contributed by atoms with van der Waals surface area (Å²) in [6.45, 7) is 0. The maximum Gasteiger partial charge on any atom is 0.296 e. The molecule has 10 heteroatoms. The minimum atomic E-state index is -4.75. The highest BCUT2D eigenvalue weighted by atomic mass is 32.2. The molecule has 3 aromatic carbocycles. The number of nitrogens with one attached hydrogen (secondary N) is 1. The lowest BCUT2D eigenvalue weighted by molar-refractivity contribution is 0.471. The van der Waals surface area contributed by atoms with Crippen LogP contribution in [0.4, 0.5) is 11.4 Å². The fraction of sp³-hybridized carbons (Fsp3) is 0. The lowest BCUT2D eigenvalue weighted by Gasteiger charge is -2.16. The summed E-state index contributed by atoms with van der Waals surface area (Å²) in [6.07, 6.45) is 0. The largest absolute Gasteiger partial charge is 0.507 e. The maximum absolute atomic E-state index is 11.8. The molecule has 0 heterocycles. The van der Waals surface area contributed by atoms with Crippen LogP contribution in [0.15, 0.2) is 64.4 Å². The van der Waals surface area contributed by atoms with Crippen molar-refractivity contribution < 1.29 is 31.0 Å². The topological polar surface area (TPSA) is 141 Å². The number of rotatable bonds is 4. The van der Waals surface area contributed by atoms with Crippen LogP contribution in [0.3, 0.4) is 0 Å². The minimum Gasteiger partial charge on any atom is -0.507 e. The van der Waals surface area contributed by atoms with Gasteiger partial charge in [-0.25, -0.2) is 0 Å². The van der Waals surface area contributed by atoms with Gasteiger partial charge >= 0.3 is 0 Å². The molecular formula is C16H13NO7S2. The summed E-state index contributed by atoms with van der Waals surface area (Å²) in [4.78, 5) is -1.11. The predicted molar refractivity (Wildman–Crippen MR) is 95.0 cm³/mol. The van der Waals surface area contributed by atoms with Crippen LogP contribution in [0, 0.1) is 0 Å². The zero-order chi connectivity index (χ0) is 19.1. The number of phenolic OH excluding ortho intramolecular Hbond substituents is 1. The lowest BCUT2D eigenvalue weighted by atomic mass is 10.1. The van der Waals surface area contributed by atoms with E-state index >= 15 is 0 Å². The van der Waals surface area contributed by atoms with E-state index in [1.807, 2.05) is 0 Å². The highest BCUT2D eigenvalue weighted by molar-refractivity contribution is 7.86. The first kappa shape index (κ1) is 18.1. The van der Waals surface area contributed by atoms with Gasteiger partial charge in [-0.15, -0.1) is 0 Å². The third kappa shape index (κ3) is 3.35. The standard InChI is InChI=1S/C16H13NO7S2/c18-13-9-15(26(22,23)24)16(11-6-2-1-5-10(11)13)17-12-7-3-4-8-14(12)25(19,20)21/h1-9,17-18H,(H,19,20,21)(H,22,23,24). The number of hydrogen-bond acceptors (Lipinski definition) is 6. The van der Waals surface area contributed by atoms with E-state index in [1.54, 1.807) is 12.1 Å². The van der Waals surface area contributed by atoms with Crippen molar-refractivity contribution in [1.82, 2.24) is 0 Å². The Morgan fingerprint density at radius 1 is 0.731 bits per heavy atom. The van der Waals surface area contributed by atoms with Gasteiger partial charge in [0.1, 0.15) is 15.5 Å². The fourth-order valence-corrected chi connectivity index (χ4v) is 3.92. The van der Waals surface area contributed by atoms with E-state index in [0.29, 0.717) is 0 Å². The summed E-state index contributed by atoms with van der Waals surface area (Å²) in [7, 11) is -9.34. The van der Waals surface area contributed by atoms with Crippen molar-refractivity contribution >= 4 is 42.4 Å². The normalized spacial score (nSPS) is 12.2. The molecule has 4 N–H and O–H groups in total. The van der Waals surface area contributed by atoms with E-state index in [0.717, 1.165) is 12.1 Å². The molecule has 0 amide bonds. The van der Waals surface area contributed by atoms with Gasteiger partial charge in [-0.05, 0) is 12.1 Å². The third-order valence-corrected chi connectivity index (χ3v) is 5.48. The molecule has 0 radical (unpaired) electrons. The monoisotopic (exact) mass is 395 g/mol. The average molecular weight is 395 g/mol. The molecular weight excluding hydrogens is 382 g/mol. The average Bonchev–Trinajstić information content (AvgIpc) is 2.56. The van der Waals surface area contributed by atoms with Gasteiger partial charge in [-0.1, -0.05) is 36.4 Å². The first-order valence-corrected chi connectivity index (χ1v) is 10.0. The molecule has 0 fully saturated rings. The summed E-state index contributed by atoms with van der Waals surface area (Å²) < 4.78 is 65.5. The Kier molecular flexibility index (Phi) is 4.36. The number of fused-ring (bicyclic) bond motifs is 1. The molecule has 0 aliphatic carbocycles. The first-order chi connectivity index (χ1) is 12.1. The summed E-state index contributed by atoms with van der Waals surface area (Å²) in [5.74, 6) is -0.373. The number of benzene rings is 3. The predicted octanol–water partition coefficient (Wildman–Crippen LogP) is 2.78. The number of phenols is 1. The Labute approximate surface area is 149 Å². The SMILES string of the molecule is O=S(=O)(O)c1ccccc1Nc1c(S(=O)(=O)O)cc(O)c2ccccc12. The highest BCUT2D eigenvalue weighted by Crippen LogP contribution is 2.39. The van der Waals surface area contributed by atoms with E-state index in [-0.39, 0.29) is 27.9 Å². The van der Waals surface area contributed by atoms with Crippen LogP contribution in [-0.2, 0) is 20.2 Å². The Hall–Kier alpha value is -2.66. The molecule has 0 unspecified atom stereocenters. The molecule has 136 valence electrons. The van der Waals surface area contributed by atoms with Gasteiger partial charge in [0.2, 0.25) is 0 Å². The van der Waals surface area contributed by atoms with Gasteiger partial charge in [-0.2, -0.15) is 16.8 Å². The Morgan fingerprint density at radius 3 is 1.88 bits per heavy atom. The second-order valence-corrected chi connectivity index (χ2v) is 8.17. The van der Waals surface area contributed by atoms with Crippen LogP contribution in [0.5, 0.6) is 5.75 Å². The number of hydrogen-bond donors (Lipinski definition) is 4. The molecule has 0 spiro atoms. The number of para-hydroxylation sites is 1. The van der Waals surface area contributed by atoms with Crippen LogP contribution in [0.2, 0.25) is 0 Å². The van der Waals surface area contributed by atoms with E-state index in [2.05, 4.69) is 5.32 Å². The summed E-state index contributed by atoms with van der Waals surface area (Å²) in [6, 6.07) is 12.4. The molecule has 8 nitrogen and oxygen atoms in total. The smallest absolute Gasteiger partial charge is 0.296 e. The molecule has 0 aliphatic heterocycles. The van der Waals surface area contributed by atoms with Crippen LogP contribution >= 0.6 is 0 Å². The summed E-state index contributed by atoms with van der Waals surface area (Å²) >= 11 is 0. The zero-order valence-electron chi connectivity index (χ0n) is 13.0. The van der Waals surface area contributed by atoms with Crippen molar-refractivity contribution in [3.8, 4) is 5.75 Å². The fourth-order valence-electron chi connectivity index (χ4n) is 2.59. The van der Waals surface area contributed by atoms with Gasteiger partial charge in [0.05, 0.1) is 11.4 Å². The van der Waals surface area contributed by atoms with Gasteiger partial charge in [-0.3, -0.25) is 9.11 Å². The van der Waals surface area contributed by atoms with E-state index in [9.17, 15) is 31.0 Å². The van der Waals surface area contributed by atoms with E-state index in [4.69, 9.17) is 0 Å². The molecule has 3 rings (SSSR count). The third-order valence-electron chi connectivity index (χ3n) is 3.69. The first-order valence-electron chi connectivity index (χ1n) is 7.15. The van der Waals surface area contributed by atoms with Crippen molar-refractivity contribution in [3.05, 3.63) is 54.6 Å². The van der Waals surface area contributed by atoms with Gasteiger partial charge in [0.15, 0.2) is 0 Å². The maximum atomic E-state index is 11.8. The quantitative estimate of drug-likeness (QED) is 0.390. The van der Waals surface area contributed by atoms with E-state index in [1.165, 1.54) is 30.3 Å². The summed E-state index contributed by atoms with van der Waals surface area (Å²) in [5.41, 5.74) is -0.243. The Morgan fingerprint density at radius 2 is 1.27 bits per heavy atom. The van der Waals surface area contributed by atoms with Crippen LogP contribution in [0.25, 0.3) is 10.8 Å². The number of anilines is 2. The van der Waals surface area contributed by atoms with Crippen molar-refractivity contribution in [2.45, 2.75) is 9.79 Å². The molecule has 0 bridgehead atoms. The van der Waals surface area contributed by atoms with Gasteiger partial charge in [0, 0.05) is 16.8 Å². The van der Waals surface area contributed by atoms with Crippen LogP contribution in [-0.4, -0.2) is 31.0 Å². The van der Waals surface area contributed by atoms with Crippen molar-refractivity contribution in [1.29, 1.82) is 0 Å². The Balaban J connectivity index is 2.35. The van der Waals surface area contributed by atoms with Gasteiger partial charge < -0.3 is 10.4 Å². The van der Waals surface area contributed by atoms with Crippen molar-refractivity contribution in [3.63, 3.8) is 0 Å². The molecule has 0 saturated carbocycles. The van der Waals surface area contributed by atoms with Crippen LogP contribution in [0.1, 0.15) is 0 Å². The molecule has 26 heavy (non-hydrogen) atoms. The molecule has 0 aromatic heterocycles. The minimum absolute atomic E-state index is 0.101. The Bertz CT molecular complexity index is 1220. The molecule has 3 aromatic rings. The van der Waals surface area contributed by atoms with Crippen LogP contribution < -0.4 is 5.32 Å². The number of aromatic hydroxyl groups is 1. The molecule has 0 saturated heterocycles.